The van der Waals surface area contributed by atoms with E-state index in [9.17, 15) is 0 Å². The molecule has 0 amide bonds. The van der Waals surface area contributed by atoms with Crippen LogP contribution in [0.25, 0.3) is 11.0 Å². The van der Waals surface area contributed by atoms with Crippen molar-refractivity contribution >= 4 is 11.0 Å². The molecule has 1 aromatic heterocycles. The SMILES string of the molecule is COc1ccc2c[c]oc2c1. The van der Waals surface area contributed by atoms with Crippen molar-refractivity contribution in [1.82, 2.24) is 0 Å². The van der Waals surface area contributed by atoms with Crippen LogP contribution in [0.1, 0.15) is 0 Å². The molecular formula is C9H7O2. The average Bonchev–Trinajstić information content (AvgIpc) is 2.50. The van der Waals surface area contributed by atoms with E-state index in [1.807, 2.05) is 18.2 Å². The van der Waals surface area contributed by atoms with Crippen molar-refractivity contribution in [3.8, 4) is 5.75 Å². The fraction of sp³-hybridized carbons (Fsp3) is 0.111. The van der Waals surface area contributed by atoms with E-state index in [0.717, 1.165) is 16.7 Å². The predicted octanol–water partition coefficient (Wildman–Crippen LogP) is 2.24. The van der Waals surface area contributed by atoms with Crippen molar-refractivity contribution in [2.75, 3.05) is 7.11 Å². The molecule has 11 heavy (non-hydrogen) atoms. The van der Waals surface area contributed by atoms with Crippen LogP contribution < -0.4 is 4.74 Å². The molecule has 0 fully saturated rings. The van der Waals surface area contributed by atoms with E-state index in [1.54, 1.807) is 13.2 Å². The molecule has 1 heterocycles. The number of rotatable bonds is 1. The predicted molar refractivity (Wildman–Crippen MR) is 41.6 cm³/mol. The zero-order chi connectivity index (χ0) is 7.68. The smallest absolute Gasteiger partial charge is 0.170 e. The van der Waals surface area contributed by atoms with E-state index in [2.05, 4.69) is 6.26 Å². The summed E-state index contributed by atoms with van der Waals surface area (Å²) in [5.41, 5.74) is 0.810. The molecule has 0 atom stereocenters. The van der Waals surface area contributed by atoms with Crippen molar-refractivity contribution < 1.29 is 9.15 Å². The molecule has 0 spiro atoms. The molecule has 55 valence electrons. The second kappa shape index (κ2) is 2.31. The lowest BCUT2D eigenvalue weighted by molar-refractivity contribution is 0.414. The van der Waals surface area contributed by atoms with E-state index in [4.69, 9.17) is 9.15 Å². The minimum absolute atomic E-state index is 0.806. The minimum atomic E-state index is 0.806. The summed E-state index contributed by atoms with van der Waals surface area (Å²) in [6.07, 6.45) is 2.66. The van der Waals surface area contributed by atoms with E-state index in [1.165, 1.54) is 0 Å². The van der Waals surface area contributed by atoms with Gasteiger partial charge >= 0.3 is 0 Å². The number of ether oxygens (including phenoxy) is 1. The van der Waals surface area contributed by atoms with Gasteiger partial charge in [0.1, 0.15) is 11.3 Å². The maximum Gasteiger partial charge on any atom is 0.170 e. The number of fused-ring (bicyclic) bond motifs is 1. The Morgan fingerprint density at radius 3 is 3.18 bits per heavy atom. The van der Waals surface area contributed by atoms with Gasteiger partial charge in [-0.05, 0) is 18.2 Å². The largest absolute Gasteiger partial charge is 0.497 e. The van der Waals surface area contributed by atoms with Gasteiger partial charge in [0.15, 0.2) is 6.26 Å². The van der Waals surface area contributed by atoms with Crippen LogP contribution in [0.3, 0.4) is 0 Å². The summed E-state index contributed by atoms with van der Waals surface area (Å²) in [4.78, 5) is 0. The van der Waals surface area contributed by atoms with E-state index >= 15 is 0 Å². The van der Waals surface area contributed by atoms with E-state index in [0.29, 0.717) is 0 Å². The molecule has 0 aliphatic rings. The van der Waals surface area contributed by atoms with Gasteiger partial charge in [-0.15, -0.1) is 0 Å². The molecule has 1 radical (unpaired) electrons. The minimum Gasteiger partial charge on any atom is -0.497 e. The maximum atomic E-state index is 5.06. The Morgan fingerprint density at radius 2 is 2.36 bits per heavy atom. The normalized spacial score (nSPS) is 10.3. The van der Waals surface area contributed by atoms with Crippen LogP contribution in [0, 0.1) is 6.26 Å². The standard InChI is InChI=1S/C9H7O2/c1-10-8-3-2-7-4-5-11-9(7)6-8/h2-4,6H,1H3. The zero-order valence-corrected chi connectivity index (χ0v) is 6.13. The molecule has 0 aliphatic heterocycles. The van der Waals surface area contributed by atoms with Gasteiger partial charge in [0.05, 0.1) is 7.11 Å². The first kappa shape index (κ1) is 6.28. The molecule has 2 rings (SSSR count). The summed E-state index contributed by atoms with van der Waals surface area (Å²) in [5, 5.41) is 1.05. The quantitative estimate of drug-likeness (QED) is 0.617. The number of hydrogen-bond acceptors (Lipinski definition) is 2. The van der Waals surface area contributed by atoms with Crippen molar-refractivity contribution in [3.63, 3.8) is 0 Å². The van der Waals surface area contributed by atoms with Crippen LogP contribution in [0.2, 0.25) is 0 Å². The Labute approximate surface area is 64.4 Å². The Morgan fingerprint density at radius 1 is 1.45 bits per heavy atom. The lowest BCUT2D eigenvalue weighted by Crippen LogP contribution is -1.79. The Hall–Kier alpha value is -1.44. The van der Waals surface area contributed by atoms with Crippen LogP contribution in [0.4, 0.5) is 0 Å². The second-order valence-corrected chi connectivity index (χ2v) is 2.27. The summed E-state index contributed by atoms with van der Waals surface area (Å²) in [6, 6.07) is 7.47. The molecule has 2 heteroatoms. The third-order valence-electron chi connectivity index (χ3n) is 1.60. The van der Waals surface area contributed by atoms with E-state index < -0.39 is 0 Å². The highest BCUT2D eigenvalue weighted by molar-refractivity contribution is 5.78. The summed E-state index contributed by atoms with van der Waals surface area (Å²) >= 11 is 0. The number of methoxy groups -OCH3 is 1. The van der Waals surface area contributed by atoms with Gasteiger partial charge < -0.3 is 9.15 Å². The third kappa shape index (κ3) is 0.963. The molecule has 0 aliphatic carbocycles. The van der Waals surface area contributed by atoms with Gasteiger partial charge in [0.25, 0.3) is 0 Å². The van der Waals surface area contributed by atoms with Gasteiger partial charge in [-0.25, -0.2) is 0 Å². The molecule has 0 bridgehead atoms. The van der Waals surface area contributed by atoms with Gasteiger partial charge in [0, 0.05) is 11.5 Å². The van der Waals surface area contributed by atoms with Gasteiger partial charge in [0.2, 0.25) is 0 Å². The van der Waals surface area contributed by atoms with Crippen LogP contribution in [-0.4, -0.2) is 7.11 Å². The molecule has 2 aromatic rings. The van der Waals surface area contributed by atoms with Crippen LogP contribution in [0.15, 0.2) is 28.7 Å². The number of furan rings is 1. The van der Waals surface area contributed by atoms with Crippen molar-refractivity contribution in [2.45, 2.75) is 0 Å². The molecular weight excluding hydrogens is 140 g/mol. The summed E-state index contributed by atoms with van der Waals surface area (Å²) < 4.78 is 10.1. The fourth-order valence-electron chi connectivity index (χ4n) is 1.01. The van der Waals surface area contributed by atoms with Gasteiger partial charge in [-0.2, -0.15) is 0 Å². The fourth-order valence-corrected chi connectivity index (χ4v) is 1.01. The van der Waals surface area contributed by atoms with Crippen molar-refractivity contribution in [2.24, 2.45) is 0 Å². The highest BCUT2D eigenvalue weighted by Gasteiger charge is 1.97. The van der Waals surface area contributed by atoms with Gasteiger partial charge in [-0.3, -0.25) is 0 Å². The molecule has 2 nitrogen and oxygen atoms in total. The number of benzene rings is 1. The topological polar surface area (TPSA) is 22.4 Å². The molecule has 1 aromatic carbocycles. The summed E-state index contributed by atoms with van der Waals surface area (Å²) in [7, 11) is 1.63. The number of hydrogen-bond donors (Lipinski definition) is 0. The second-order valence-electron chi connectivity index (χ2n) is 2.27. The van der Waals surface area contributed by atoms with Crippen LogP contribution in [-0.2, 0) is 0 Å². The van der Waals surface area contributed by atoms with E-state index in [-0.39, 0.29) is 0 Å². The van der Waals surface area contributed by atoms with Crippen LogP contribution >= 0.6 is 0 Å². The van der Waals surface area contributed by atoms with Crippen molar-refractivity contribution in [3.05, 3.63) is 30.5 Å². The molecule has 0 N–H and O–H groups in total. The Balaban J connectivity index is 2.67. The first-order chi connectivity index (χ1) is 5.40. The zero-order valence-electron chi connectivity index (χ0n) is 6.13. The monoisotopic (exact) mass is 147 g/mol. The summed E-state index contributed by atoms with van der Waals surface area (Å²) in [6.45, 7) is 0. The maximum absolute atomic E-state index is 5.06. The molecule has 0 saturated carbocycles. The first-order valence-corrected chi connectivity index (χ1v) is 3.34. The third-order valence-corrected chi connectivity index (χ3v) is 1.60. The average molecular weight is 147 g/mol. The highest BCUT2D eigenvalue weighted by Crippen LogP contribution is 2.20. The highest BCUT2D eigenvalue weighted by atomic mass is 16.5. The van der Waals surface area contributed by atoms with Gasteiger partial charge in [-0.1, -0.05) is 0 Å². The molecule has 0 saturated heterocycles. The van der Waals surface area contributed by atoms with Crippen LogP contribution in [0.5, 0.6) is 5.75 Å². The first-order valence-electron chi connectivity index (χ1n) is 3.34. The lowest BCUT2D eigenvalue weighted by atomic mass is 10.2. The Bertz CT molecular complexity index is 362. The summed E-state index contributed by atoms with van der Waals surface area (Å²) in [5.74, 6) is 0.806. The lowest BCUT2D eigenvalue weighted by Gasteiger charge is -1.96. The van der Waals surface area contributed by atoms with Crippen molar-refractivity contribution in [1.29, 1.82) is 0 Å². The molecule has 0 unspecified atom stereocenters. The Kier molecular flexibility index (Phi) is 1.32.